The van der Waals surface area contributed by atoms with Crippen molar-refractivity contribution in [3.8, 4) is 0 Å². The third-order valence-electron chi connectivity index (χ3n) is 2.12. The molecule has 0 amide bonds. The number of rotatable bonds is 1. The summed E-state index contributed by atoms with van der Waals surface area (Å²) in [6.07, 6.45) is 2.28. The molecule has 1 aromatic heterocycles. The topological polar surface area (TPSA) is 13.1 Å². The molecule has 0 saturated heterocycles. The summed E-state index contributed by atoms with van der Waals surface area (Å²) in [5.74, 6) is 2.00. The van der Waals surface area contributed by atoms with Gasteiger partial charge in [-0.25, -0.2) is 0 Å². The van der Waals surface area contributed by atoms with E-state index in [0.717, 1.165) is 11.5 Å². The van der Waals surface area contributed by atoms with Crippen molar-refractivity contribution in [3.63, 3.8) is 0 Å². The van der Waals surface area contributed by atoms with E-state index in [4.69, 9.17) is 4.42 Å². The summed E-state index contributed by atoms with van der Waals surface area (Å²) in [7, 11) is 0. The lowest BCUT2D eigenvalue weighted by Gasteiger charge is -2.13. The van der Waals surface area contributed by atoms with Crippen molar-refractivity contribution in [1.82, 2.24) is 0 Å². The van der Waals surface area contributed by atoms with Crippen LogP contribution in [0, 0.1) is 19.3 Å². The summed E-state index contributed by atoms with van der Waals surface area (Å²) in [5, 5.41) is 0. The van der Waals surface area contributed by atoms with Gasteiger partial charge >= 0.3 is 0 Å². The van der Waals surface area contributed by atoms with Crippen LogP contribution in [-0.2, 0) is 0 Å². The van der Waals surface area contributed by atoms with E-state index in [9.17, 15) is 0 Å². The van der Waals surface area contributed by atoms with Crippen LogP contribution >= 0.6 is 0 Å². The maximum Gasteiger partial charge on any atom is 0.108 e. The van der Waals surface area contributed by atoms with Crippen LogP contribution in [0.1, 0.15) is 44.8 Å². The molecule has 78 valence electrons. The van der Waals surface area contributed by atoms with Crippen molar-refractivity contribution in [3.05, 3.63) is 29.2 Å². The molecule has 0 unspecified atom stereocenters. The lowest BCUT2D eigenvalue weighted by atomic mass is 9.92. The summed E-state index contributed by atoms with van der Waals surface area (Å²) in [4.78, 5) is 0. The molecular formula is C13H20O. The molecule has 0 aliphatic heterocycles. The van der Waals surface area contributed by atoms with E-state index >= 15 is 0 Å². The zero-order valence-electron chi connectivity index (χ0n) is 10.1. The Morgan fingerprint density at radius 1 is 1.29 bits per heavy atom. The van der Waals surface area contributed by atoms with Crippen molar-refractivity contribution in [2.45, 2.75) is 41.5 Å². The fourth-order valence-electron chi connectivity index (χ4n) is 1.75. The average molecular weight is 192 g/mol. The van der Waals surface area contributed by atoms with Crippen LogP contribution in [0.25, 0.3) is 5.57 Å². The van der Waals surface area contributed by atoms with Crippen LogP contribution in [0.5, 0.6) is 0 Å². The van der Waals surface area contributed by atoms with E-state index < -0.39 is 0 Å². The quantitative estimate of drug-likeness (QED) is 0.645. The highest BCUT2D eigenvalue weighted by molar-refractivity contribution is 5.66. The van der Waals surface area contributed by atoms with Crippen molar-refractivity contribution in [1.29, 1.82) is 0 Å². The molecule has 0 radical (unpaired) electrons. The van der Waals surface area contributed by atoms with E-state index in [0.29, 0.717) is 0 Å². The maximum atomic E-state index is 5.51. The summed E-state index contributed by atoms with van der Waals surface area (Å²) < 4.78 is 5.51. The van der Waals surface area contributed by atoms with Gasteiger partial charge in [-0.3, -0.25) is 0 Å². The van der Waals surface area contributed by atoms with Gasteiger partial charge in [0.25, 0.3) is 0 Å². The predicted octanol–water partition coefficient (Wildman–Crippen LogP) is 4.35. The van der Waals surface area contributed by atoms with Crippen LogP contribution in [0.3, 0.4) is 0 Å². The molecule has 0 saturated carbocycles. The number of hydrogen-bond acceptors (Lipinski definition) is 1. The molecule has 0 N–H and O–H groups in total. The van der Waals surface area contributed by atoms with Crippen LogP contribution < -0.4 is 0 Å². The molecule has 1 aromatic rings. The molecule has 1 rings (SSSR count). The molecule has 0 aliphatic rings. The molecule has 0 aromatic carbocycles. The highest BCUT2D eigenvalue weighted by atomic mass is 16.3. The van der Waals surface area contributed by atoms with Gasteiger partial charge < -0.3 is 4.42 Å². The first-order valence-corrected chi connectivity index (χ1v) is 5.06. The highest BCUT2D eigenvalue weighted by Crippen LogP contribution is 2.27. The molecule has 1 heterocycles. The Hall–Kier alpha value is -0.980. The smallest absolute Gasteiger partial charge is 0.108 e. The fraction of sp³-hybridized carbons (Fsp3) is 0.538. The Morgan fingerprint density at radius 2 is 1.86 bits per heavy atom. The number of furan rings is 1. The second-order valence-electron chi connectivity index (χ2n) is 5.02. The third kappa shape index (κ3) is 2.76. The first-order chi connectivity index (χ1) is 6.29. The monoisotopic (exact) mass is 192 g/mol. The highest BCUT2D eigenvalue weighted by Gasteiger charge is 2.11. The van der Waals surface area contributed by atoms with E-state index in [2.05, 4.69) is 39.8 Å². The molecule has 1 heteroatoms. The van der Waals surface area contributed by atoms with Crippen LogP contribution in [0.2, 0.25) is 0 Å². The van der Waals surface area contributed by atoms with Crippen LogP contribution in [0.15, 0.2) is 16.6 Å². The normalized spacial score (nSPS) is 13.4. The summed E-state index contributed by atoms with van der Waals surface area (Å²) in [5.41, 5.74) is 2.76. The zero-order valence-corrected chi connectivity index (χ0v) is 10.1. The van der Waals surface area contributed by atoms with Crippen molar-refractivity contribution < 1.29 is 4.42 Å². The fourth-order valence-corrected chi connectivity index (χ4v) is 1.75. The van der Waals surface area contributed by atoms with E-state index in [1.807, 2.05) is 13.8 Å². The average Bonchev–Trinajstić information content (AvgIpc) is 2.26. The standard InChI is InChI=1S/C13H20O/c1-9(8-13(4,5)6)12-7-10(2)14-11(12)3/h7-8H,1-6H3/b9-8+. The Labute approximate surface area is 86.8 Å². The van der Waals surface area contributed by atoms with Crippen LogP contribution in [0.4, 0.5) is 0 Å². The van der Waals surface area contributed by atoms with Crippen molar-refractivity contribution in [2.75, 3.05) is 0 Å². The minimum Gasteiger partial charge on any atom is -0.466 e. The summed E-state index contributed by atoms with van der Waals surface area (Å²) in [6, 6.07) is 2.10. The van der Waals surface area contributed by atoms with Gasteiger partial charge in [0.15, 0.2) is 0 Å². The second kappa shape index (κ2) is 3.64. The van der Waals surface area contributed by atoms with E-state index in [-0.39, 0.29) is 5.41 Å². The van der Waals surface area contributed by atoms with Gasteiger partial charge in [-0.15, -0.1) is 0 Å². The largest absolute Gasteiger partial charge is 0.466 e. The molecule has 0 atom stereocenters. The minimum absolute atomic E-state index is 0.224. The van der Waals surface area contributed by atoms with Crippen molar-refractivity contribution in [2.24, 2.45) is 5.41 Å². The molecule has 0 fully saturated rings. The Kier molecular flexibility index (Phi) is 2.89. The lowest BCUT2D eigenvalue weighted by Crippen LogP contribution is -2.00. The lowest BCUT2D eigenvalue weighted by molar-refractivity contribution is 0.503. The van der Waals surface area contributed by atoms with Crippen LogP contribution in [-0.4, -0.2) is 0 Å². The van der Waals surface area contributed by atoms with Gasteiger partial charge in [0.1, 0.15) is 11.5 Å². The second-order valence-corrected chi connectivity index (χ2v) is 5.02. The summed E-state index contributed by atoms with van der Waals surface area (Å²) in [6.45, 7) is 12.8. The van der Waals surface area contributed by atoms with Gasteiger partial charge in [0.2, 0.25) is 0 Å². The van der Waals surface area contributed by atoms with Crippen molar-refractivity contribution >= 4 is 5.57 Å². The molecule has 1 nitrogen and oxygen atoms in total. The Morgan fingerprint density at radius 3 is 2.21 bits per heavy atom. The summed E-state index contributed by atoms with van der Waals surface area (Å²) >= 11 is 0. The minimum atomic E-state index is 0.224. The first kappa shape index (κ1) is 11.1. The van der Waals surface area contributed by atoms with Gasteiger partial charge in [-0.2, -0.15) is 0 Å². The SMILES string of the molecule is C/C(=C\C(C)(C)C)c1cc(C)oc1C. The Balaban J connectivity index is 3.06. The molecular weight excluding hydrogens is 172 g/mol. The molecule has 0 spiro atoms. The molecule has 0 bridgehead atoms. The van der Waals surface area contributed by atoms with Gasteiger partial charge in [0.05, 0.1) is 0 Å². The third-order valence-corrected chi connectivity index (χ3v) is 2.12. The Bertz CT molecular complexity index is 348. The maximum absolute atomic E-state index is 5.51. The molecule has 14 heavy (non-hydrogen) atoms. The van der Waals surface area contributed by atoms with E-state index in [1.54, 1.807) is 0 Å². The zero-order chi connectivity index (χ0) is 10.9. The van der Waals surface area contributed by atoms with E-state index in [1.165, 1.54) is 11.1 Å². The predicted molar refractivity (Wildman–Crippen MR) is 61.3 cm³/mol. The number of hydrogen-bond donors (Lipinski definition) is 0. The van der Waals surface area contributed by atoms with Gasteiger partial charge in [-0.1, -0.05) is 26.8 Å². The molecule has 0 aliphatic carbocycles. The number of aryl methyl sites for hydroxylation is 2. The number of allylic oxidation sites excluding steroid dienone is 2. The van der Waals surface area contributed by atoms with Gasteiger partial charge in [-0.05, 0) is 37.8 Å². The van der Waals surface area contributed by atoms with Gasteiger partial charge in [0, 0.05) is 5.56 Å². The first-order valence-electron chi connectivity index (χ1n) is 5.06.